The van der Waals surface area contributed by atoms with Gasteiger partial charge in [0.15, 0.2) is 5.13 Å². The lowest BCUT2D eigenvalue weighted by Crippen LogP contribution is -2.62. The molecule has 1 aliphatic carbocycles. The Morgan fingerprint density at radius 3 is 2.79 bits per heavy atom. The van der Waals surface area contributed by atoms with Crippen LogP contribution in [-0.2, 0) is 11.3 Å². The summed E-state index contributed by atoms with van der Waals surface area (Å²) in [4.78, 5) is 6.65. The van der Waals surface area contributed by atoms with Crippen molar-refractivity contribution in [1.29, 1.82) is 0 Å². The van der Waals surface area contributed by atoms with Gasteiger partial charge in [0.25, 0.3) is 0 Å². The molecule has 1 saturated carbocycles. The van der Waals surface area contributed by atoms with Gasteiger partial charge in [-0.3, -0.25) is 0 Å². The number of aliphatic hydroxyl groups is 2. The highest BCUT2D eigenvalue weighted by molar-refractivity contribution is 7.13. The highest BCUT2D eigenvalue weighted by Gasteiger charge is 2.55. The Bertz CT molecular complexity index is 443. The monoisotopic (exact) mass is 284 g/mol. The Morgan fingerprint density at radius 2 is 2.26 bits per heavy atom. The molecule has 106 valence electrons. The van der Waals surface area contributed by atoms with Gasteiger partial charge < -0.3 is 19.8 Å². The van der Waals surface area contributed by atoms with Crippen LogP contribution in [0.15, 0.2) is 5.38 Å². The summed E-state index contributed by atoms with van der Waals surface area (Å²) < 4.78 is 5.49. The van der Waals surface area contributed by atoms with Crippen LogP contribution in [0.25, 0.3) is 0 Å². The van der Waals surface area contributed by atoms with Gasteiger partial charge in [-0.2, -0.15) is 0 Å². The van der Waals surface area contributed by atoms with Crippen LogP contribution in [0.1, 0.15) is 25.0 Å². The largest absolute Gasteiger partial charge is 0.392 e. The van der Waals surface area contributed by atoms with Crippen molar-refractivity contribution in [3.05, 3.63) is 11.1 Å². The van der Waals surface area contributed by atoms with Crippen LogP contribution in [0.4, 0.5) is 5.13 Å². The van der Waals surface area contributed by atoms with Gasteiger partial charge in [0.05, 0.1) is 24.5 Å². The maximum absolute atomic E-state index is 10.1. The van der Waals surface area contributed by atoms with Gasteiger partial charge in [0, 0.05) is 37.4 Å². The Balaban J connectivity index is 1.66. The highest BCUT2D eigenvalue weighted by atomic mass is 32.1. The zero-order valence-corrected chi connectivity index (χ0v) is 11.9. The summed E-state index contributed by atoms with van der Waals surface area (Å²) in [6.07, 6.45) is 2.64. The lowest BCUT2D eigenvalue weighted by atomic mass is 9.58. The van der Waals surface area contributed by atoms with E-state index < -0.39 is 0 Å². The van der Waals surface area contributed by atoms with Gasteiger partial charge >= 0.3 is 0 Å². The number of hydrogen-bond donors (Lipinski definition) is 2. The third-order valence-electron chi connectivity index (χ3n) is 4.69. The molecule has 0 aromatic carbocycles. The number of rotatable bonds is 3. The molecule has 6 heteroatoms. The van der Waals surface area contributed by atoms with E-state index in [0.717, 1.165) is 43.2 Å². The van der Waals surface area contributed by atoms with Crippen LogP contribution in [0.2, 0.25) is 0 Å². The number of piperidine rings is 1. The smallest absolute Gasteiger partial charge is 0.185 e. The predicted molar refractivity (Wildman–Crippen MR) is 73.3 cm³/mol. The molecule has 2 aliphatic rings. The minimum Gasteiger partial charge on any atom is -0.392 e. The standard InChI is InChI=1S/C13H20N2O3S/c1-18-11-6-10(17)13(11)2-4-15(5-3-13)12-14-9(7-16)8-19-12/h8,10-11,16-17H,2-7H2,1H3/t10-,11+/m0/s1. The van der Waals surface area contributed by atoms with E-state index >= 15 is 0 Å². The number of methoxy groups -OCH3 is 1. The number of thiazole rings is 1. The third-order valence-corrected chi connectivity index (χ3v) is 5.64. The molecule has 1 spiro atoms. The summed E-state index contributed by atoms with van der Waals surface area (Å²) in [5, 5.41) is 22.0. The molecule has 1 saturated heterocycles. The molecule has 0 bridgehead atoms. The molecule has 0 amide bonds. The Morgan fingerprint density at radius 1 is 1.53 bits per heavy atom. The number of aromatic nitrogens is 1. The average molecular weight is 284 g/mol. The second kappa shape index (κ2) is 5.01. The molecule has 2 atom stereocenters. The van der Waals surface area contributed by atoms with Crippen molar-refractivity contribution in [3.8, 4) is 0 Å². The normalized spacial score (nSPS) is 29.5. The van der Waals surface area contributed by atoms with Gasteiger partial charge in [-0.15, -0.1) is 11.3 Å². The van der Waals surface area contributed by atoms with E-state index in [1.165, 1.54) is 0 Å². The van der Waals surface area contributed by atoms with E-state index in [0.29, 0.717) is 0 Å². The maximum atomic E-state index is 10.1. The van der Waals surface area contributed by atoms with Crippen molar-refractivity contribution in [3.63, 3.8) is 0 Å². The van der Waals surface area contributed by atoms with Gasteiger partial charge in [-0.05, 0) is 12.8 Å². The van der Waals surface area contributed by atoms with Crippen LogP contribution in [0, 0.1) is 5.41 Å². The van der Waals surface area contributed by atoms with Crippen LogP contribution >= 0.6 is 11.3 Å². The first-order valence-corrected chi connectivity index (χ1v) is 7.58. The molecule has 0 radical (unpaired) electrons. The number of aliphatic hydroxyl groups excluding tert-OH is 2. The summed E-state index contributed by atoms with van der Waals surface area (Å²) in [6, 6.07) is 0. The van der Waals surface area contributed by atoms with Gasteiger partial charge in [-0.25, -0.2) is 4.98 Å². The summed E-state index contributed by atoms with van der Waals surface area (Å²) in [5.41, 5.74) is 0.696. The zero-order chi connectivity index (χ0) is 13.5. The second-order valence-corrected chi connectivity index (χ2v) is 6.31. The summed E-state index contributed by atoms with van der Waals surface area (Å²) in [6.45, 7) is 1.79. The molecular weight excluding hydrogens is 264 g/mol. The van der Waals surface area contributed by atoms with Crippen LogP contribution in [-0.4, -0.2) is 47.6 Å². The van der Waals surface area contributed by atoms with Gasteiger partial charge in [-0.1, -0.05) is 0 Å². The molecule has 1 aliphatic heterocycles. The molecule has 2 N–H and O–H groups in total. The van der Waals surface area contributed by atoms with Crippen LogP contribution < -0.4 is 4.90 Å². The molecule has 1 aromatic rings. The molecular formula is C13H20N2O3S. The lowest BCUT2D eigenvalue weighted by molar-refractivity contribution is -0.190. The first-order chi connectivity index (χ1) is 9.19. The van der Waals surface area contributed by atoms with Gasteiger partial charge in [0.1, 0.15) is 0 Å². The highest BCUT2D eigenvalue weighted by Crippen LogP contribution is 2.51. The van der Waals surface area contributed by atoms with Crippen molar-refractivity contribution in [1.82, 2.24) is 4.98 Å². The Kier molecular flexibility index (Phi) is 3.51. The van der Waals surface area contributed by atoms with Crippen molar-refractivity contribution in [2.24, 2.45) is 5.41 Å². The molecule has 1 aromatic heterocycles. The van der Waals surface area contributed by atoms with E-state index in [9.17, 15) is 5.11 Å². The fourth-order valence-electron chi connectivity index (χ4n) is 3.34. The summed E-state index contributed by atoms with van der Waals surface area (Å²) in [5.74, 6) is 0. The minimum atomic E-state index is -0.219. The average Bonchev–Trinajstić information content (AvgIpc) is 2.93. The first kappa shape index (κ1) is 13.3. The fraction of sp³-hybridized carbons (Fsp3) is 0.769. The first-order valence-electron chi connectivity index (χ1n) is 6.70. The fourth-order valence-corrected chi connectivity index (χ4v) is 4.21. The predicted octanol–water partition coefficient (Wildman–Crippen LogP) is 1.00. The molecule has 19 heavy (non-hydrogen) atoms. The zero-order valence-electron chi connectivity index (χ0n) is 11.1. The van der Waals surface area contributed by atoms with Crippen molar-refractivity contribution < 1.29 is 14.9 Å². The quantitative estimate of drug-likeness (QED) is 0.867. The molecule has 3 rings (SSSR count). The summed E-state index contributed by atoms with van der Waals surface area (Å²) >= 11 is 1.57. The van der Waals surface area contributed by atoms with E-state index in [1.807, 2.05) is 5.38 Å². The number of anilines is 1. The van der Waals surface area contributed by atoms with Gasteiger partial charge in [0.2, 0.25) is 0 Å². The SMILES string of the molecule is CO[C@@H]1C[C@H](O)C12CCN(c1nc(CO)cs1)CC2. The number of hydrogen-bond acceptors (Lipinski definition) is 6. The molecule has 2 fully saturated rings. The van der Waals surface area contributed by atoms with E-state index in [2.05, 4.69) is 9.88 Å². The number of ether oxygens (including phenoxy) is 1. The number of nitrogens with zero attached hydrogens (tertiary/aromatic N) is 2. The van der Waals surface area contributed by atoms with E-state index in [4.69, 9.17) is 9.84 Å². The molecule has 2 heterocycles. The van der Waals surface area contributed by atoms with Crippen LogP contribution in [0.5, 0.6) is 0 Å². The van der Waals surface area contributed by atoms with Crippen molar-refractivity contribution in [2.45, 2.75) is 38.1 Å². The maximum Gasteiger partial charge on any atom is 0.185 e. The van der Waals surface area contributed by atoms with E-state index in [1.54, 1.807) is 18.4 Å². The van der Waals surface area contributed by atoms with Crippen LogP contribution in [0.3, 0.4) is 0 Å². The lowest BCUT2D eigenvalue weighted by Gasteiger charge is -2.56. The summed E-state index contributed by atoms with van der Waals surface area (Å²) in [7, 11) is 1.74. The minimum absolute atomic E-state index is 0.00125. The second-order valence-electron chi connectivity index (χ2n) is 5.48. The molecule has 0 unspecified atom stereocenters. The van der Waals surface area contributed by atoms with E-state index in [-0.39, 0.29) is 24.2 Å². The Labute approximate surface area is 116 Å². The van der Waals surface area contributed by atoms with Crippen molar-refractivity contribution in [2.75, 3.05) is 25.1 Å². The topological polar surface area (TPSA) is 65.8 Å². The third kappa shape index (κ3) is 2.07. The molecule has 5 nitrogen and oxygen atoms in total. The van der Waals surface area contributed by atoms with Crippen molar-refractivity contribution >= 4 is 16.5 Å². The Hall–Kier alpha value is -0.690.